The van der Waals surface area contributed by atoms with E-state index >= 15 is 0 Å². The number of hydrazine groups is 1. The van der Waals surface area contributed by atoms with E-state index < -0.39 is 0 Å². The molecule has 0 fully saturated rings. The second-order valence-corrected chi connectivity index (χ2v) is 6.63. The lowest BCUT2D eigenvalue weighted by Crippen LogP contribution is -2.45. The number of amides is 1. The molecule has 0 radical (unpaired) electrons. The van der Waals surface area contributed by atoms with E-state index in [-0.39, 0.29) is 24.5 Å². The van der Waals surface area contributed by atoms with Crippen LogP contribution < -0.4 is 16.2 Å². The fourth-order valence-corrected chi connectivity index (χ4v) is 2.72. The number of rotatable bonds is 16. The Morgan fingerprint density at radius 2 is 1.79 bits per heavy atom. The molecule has 0 aliphatic heterocycles. The minimum atomic E-state index is -0.366. The summed E-state index contributed by atoms with van der Waals surface area (Å²) in [6.07, 6.45) is 6.39. The molecule has 0 aromatic heterocycles. The average Bonchev–Trinajstić information content (AvgIpc) is 2.70. The molecule has 0 aliphatic carbocycles. The second kappa shape index (κ2) is 15.8. The summed E-state index contributed by atoms with van der Waals surface area (Å²) in [5.41, 5.74) is 6.84. The Balaban J connectivity index is 1.98. The Kier molecular flexibility index (Phi) is 13.4. The molecule has 0 unspecified atom stereocenters. The van der Waals surface area contributed by atoms with Crippen molar-refractivity contribution in [1.29, 1.82) is 0 Å². The summed E-state index contributed by atoms with van der Waals surface area (Å²) in [7, 11) is 0. The molecule has 0 heterocycles. The molecule has 1 aromatic rings. The number of alkyl carbamates (subject to hydrolysis) is 1. The van der Waals surface area contributed by atoms with Gasteiger partial charge >= 0.3 is 6.09 Å². The first-order valence-corrected chi connectivity index (χ1v) is 10.1. The molecular weight excluding hydrogens is 358 g/mol. The van der Waals surface area contributed by atoms with Crippen LogP contribution in [0.2, 0.25) is 0 Å². The van der Waals surface area contributed by atoms with Crippen LogP contribution in [0.15, 0.2) is 30.3 Å². The van der Waals surface area contributed by atoms with E-state index in [1.54, 1.807) is 6.92 Å². The number of aldehydes is 1. The maximum atomic E-state index is 11.9. The van der Waals surface area contributed by atoms with Crippen molar-refractivity contribution in [3.63, 3.8) is 0 Å². The number of ketones is 1. The fraction of sp³-hybridized carbons (Fsp3) is 0.571. The molecule has 1 atom stereocenters. The third-order valence-corrected chi connectivity index (χ3v) is 4.21. The van der Waals surface area contributed by atoms with Crippen molar-refractivity contribution in [3.8, 4) is 0 Å². The van der Waals surface area contributed by atoms with E-state index in [4.69, 9.17) is 4.74 Å². The van der Waals surface area contributed by atoms with E-state index in [0.717, 1.165) is 44.0 Å². The van der Waals surface area contributed by atoms with Gasteiger partial charge in [-0.2, -0.15) is 0 Å². The highest BCUT2D eigenvalue weighted by Crippen LogP contribution is 2.05. The van der Waals surface area contributed by atoms with Gasteiger partial charge in [0, 0.05) is 13.0 Å². The lowest BCUT2D eigenvalue weighted by Gasteiger charge is -2.13. The van der Waals surface area contributed by atoms with E-state index in [0.29, 0.717) is 26.0 Å². The number of nitrogens with one attached hydrogen (secondary N) is 3. The first kappa shape index (κ1) is 23.8. The van der Waals surface area contributed by atoms with Crippen molar-refractivity contribution in [1.82, 2.24) is 16.2 Å². The minimum Gasteiger partial charge on any atom is -0.450 e. The molecule has 3 N–H and O–H groups in total. The summed E-state index contributed by atoms with van der Waals surface area (Å²) >= 11 is 0. The van der Waals surface area contributed by atoms with E-state index in [9.17, 15) is 14.4 Å². The number of hydrogen-bond acceptors (Lipinski definition) is 6. The lowest BCUT2D eigenvalue weighted by molar-refractivity contribution is -0.119. The van der Waals surface area contributed by atoms with Crippen LogP contribution in [0, 0.1) is 0 Å². The molecule has 1 aromatic carbocycles. The summed E-state index contributed by atoms with van der Waals surface area (Å²) in [4.78, 5) is 34.1. The van der Waals surface area contributed by atoms with E-state index in [2.05, 4.69) is 16.2 Å². The predicted molar refractivity (Wildman–Crippen MR) is 109 cm³/mol. The third kappa shape index (κ3) is 12.2. The van der Waals surface area contributed by atoms with Gasteiger partial charge in [0.15, 0.2) is 0 Å². The molecule has 0 spiro atoms. The first-order valence-electron chi connectivity index (χ1n) is 10.1. The quantitative estimate of drug-likeness (QED) is 0.228. The molecule has 156 valence electrons. The van der Waals surface area contributed by atoms with Gasteiger partial charge in [-0.1, -0.05) is 49.6 Å². The van der Waals surface area contributed by atoms with Gasteiger partial charge in [0.2, 0.25) is 0 Å². The van der Waals surface area contributed by atoms with Crippen LogP contribution in [0.1, 0.15) is 51.0 Å². The van der Waals surface area contributed by atoms with Gasteiger partial charge in [0.1, 0.15) is 12.1 Å². The van der Waals surface area contributed by atoms with Gasteiger partial charge in [0.25, 0.3) is 0 Å². The number of hydrogen-bond donors (Lipinski definition) is 3. The van der Waals surface area contributed by atoms with Crippen LogP contribution in [0.4, 0.5) is 4.79 Å². The number of unbranched alkanes of at least 4 members (excludes halogenated alkanes) is 4. The van der Waals surface area contributed by atoms with Crippen molar-refractivity contribution in [2.75, 3.05) is 19.7 Å². The molecule has 7 nitrogen and oxygen atoms in total. The maximum Gasteiger partial charge on any atom is 0.407 e. The summed E-state index contributed by atoms with van der Waals surface area (Å²) < 4.78 is 4.78. The average molecular weight is 392 g/mol. The van der Waals surface area contributed by atoms with Crippen molar-refractivity contribution in [2.45, 2.75) is 57.9 Å². The number of carbonyl (C=O) groups excluding carboxylic acids is 3. The smallest absolute Gasteiger partial charge is 0.407 e. The normalized spacial score (nSPS) is 11.6. The standard InChI is InChI=1S/C21H33N3O4/c1-2-28-21(27)22-14-10-5-3-4-9-13-20(26)16-23-24-19(17-25)15-18-11-7-6-8-12-18/h6-8,11-12,17,19,23-24H,2-5,9-10,13-16H2,1H3,(H,22,27)/t19-/m0/s1. The third-order valence-electron chi connectivity index (χ3n) is 4.21. The molecule has 1 rings (SSSR count). The monoisotopic (exact) mass is 391 g/mol. The fourth-order valence-electron chi connectivity index (χ4n) is 2.72. The summed E-state index contributed by atoms with van der Waals surface area (Å²) in [6, 6.07) is 9.38. The molecular formula is C21H33N3O4. The molecule has 0 bridgehead atoms. The van der Waals surface area contributed by atoms with Crippen LogP contribution in [-0.4, -0.2) is 43.9 Å². The Labute approximate surface area is 167 Å². The highest BCUT2D eigenvalue weighted by molar-refractivity contribution is 5.80. The van der Waals surface area contributed by atoms with Crippen LogP contribution in [0.25, 0.3) is 0 Å². The van der Waals surface area contributed by atoms with Crippen molar-refractivity contribution in [3.05, 3.63) is 35.9 Å². The van der Waals surface area contributed by atoms with Gasteiger partial charge in [-0.25, -0.2) is 15.6 Å². The lowest BCUT2D eigenvalue weighted by atomic mass is 10.1. The maximum absolute atomic E-state index is 11.9. The second-order valence-electron chi connectivity index (χ2n) is 6.63. The number of Topliss-reactive ketones (excluding diaryl/α,β-unsaturated/α-hetero) is 1. The Hall–Kier alpha value is -2.25. The zero-order valence-corrected chi connectivity index (χ0v) is 16.7. The van der Waals surface area contributed by atoms with Gasteiger partial charge in [0.05, 0.1) is 19.2 Å². The van der Waals surface area contributed by atoms with Crippen LogP contribution in [0.5, 0.6) is 0 Å². The molecule has 7 heteroatoms. The summed E-state index contributed by atoms with van der Waals surface area (Å²) in [5.74, 6) is 0.126. The van der Waals surface area contributed by atoms with Crippen LogP contribution in [0.3, 0.4) is 0 Å². The molecule has 1 amide bonds. The number of ether oxygens (including phenoxy) is 1. The highest BCUT2D eigenvalue weighted by atomic mass is 16.5. The van der Waals surface area contributed by atoms with Crippen LogP contribution >= 0.6 is 0 Å². The van der Waals surface area contributed by atoms with Gasteiger partial charge in [-0.3, -0.25) is 4.79 Å². The minimum absolute atomic E-state index is 0.126. The zero-order chi connectivity index (χ0) is 20.5. The SMILES string of the molecule is CCOC(=O)NCCCCCCCC(=O)CNN[C@H](C=O)Cc1ccccc1. The Morgan fingerprint density at radius 3 is 2.50 bits per heavy atom. The summed E-state index contributed by atoms with van der Waals surface area (Å²) in [6.45, 7) is 2.99. The number of carbonyl (C=O) groups is 3. The van der Waals surface area contributed by atoms with E-state index in [1.807, 2.05) is 30.3 Å². The predicted octanol–water partition coefficient (Wildman–Crippen LogP) is 2.55. The highest BCUT2D eigenvalue weighted by Gasteiger charge is 2.08. The van der Waals surface area contributed by atoms with Gasteiger partial charge in [-0.15, -0.1) is 0 Å². The van der Waals surface area contributed by atoms with Crippen LogP contribution in [-0.2, 0) is 20.7 Å². The van der Waals surface area contributed by atoms with Crippen molar-refractivity contribution in [2.24, 2.45) is 0 Å². The van der Waals surface area contributed by atoms with Crippen molar-refractivity contribution < 1.29 is 19.1 Å². The van der Waals surface area contributed by atoms with Gasteiger partial charge in [-0.05, 0) is 31.7 Å². The molecule has 0 saturated heterocycles. The molecule has 0 aliphatic rings. The first-order chi connectivity index (χ1) is 13.7. The topological polar surface area (TPSA) is 96.5 Å². The van der Waals surface area contributed by atoms with Crippen molar-refractivity contribution >= 4 is 18.2 Å². The zero-order valence-electron chi connectivity index (χ0n) is 16.7. The Bertz CT molecular complexity index is 566. The van der Waals surface area contributed by atoms with Gasteiger partial charge < -0.3 is 14.8 Å². The molecule has 0 saturated carbocycles. The largest absolute Gasteiger partial charge is 0.450 e. The molecule has 28 heavy (non-hydrogen) atoms. The van der Waals surface area contributed by atoms with E-state index in [1.165, 1.54) is 0 Å². The Morgan fingerprint density at radius 1 is 1.07 bits per heavy atom. The number of benzene rings is 1. The summed E-state index contributed by atoms with van der Waals surface area (Å²) in [5, 5.41) is 2.69.